The minimum atomic E-state index is 0.631. The largest absolute Gasteiger partial charge is 0.491 e. The maximum absolute atomic E-state index is 5.78. The molecule has 1 aliphatic heterocycles. The normalized spacial score (nSPS) is 16.3. The van der Waals surface area contributed by atoms with Crippen molar-refractivity contribution in [1.82, 2.24) is 20.3 Å². The number of hydrogen-bond acceptors (Lipinski definition) is 4. The molecule has 0 amide bonds. The highest BCUT2D eigenvalue weighted by Crippen LogP contribution is 2.23. The highest BCUT2D eigenvalue weighted by molar-refractivity contribution is 5.80. The summed E-state index contributed by atoms with van der Waals surface area (Å²) < 4.78 is 7.54. The first kappa shape index (κ1) is 9.59. The number of nitrogens with zero attached hydrogens (tertiary/aromatic N) is 3. The lowest BCUT2D eigenvalue weighted by molar-refractivity contribution is 0.200. The molecule has 0 spiro atoms. The summed E-state index contributed by atoms with van der Waals surface area (Å²) in [6, 6.07) is 5.91. The third kappa shape index (κ3) is 1.53. The van der Waals surface area contributed by atoms with Gasteiger partial charge in [0, 0.05) is 26.1 Å². The Kier molecular flexibility index (Phi) is 2.25. The maximum Gasteiger partial charge on any atom is 0.155 e. The zero-order chi connectivity index (χ0) is 11.0. The second-order valence-corrected chi connectivity index (χ2v) is 4.17. The number of aromatic nitrogens is 3. The standard InChI is InChI=1S/C11H14N4O/c1-15-9-3-2-4-10(11(9)13-14-15)16-7-8-5-12-6-8/h2-4,8,12H,5-7H2,1H3. The lowest BCUT2D eigenvalue weighted by Crippen LogP contribution is -2.45. The summed E-state index contributed by atoms with van der Waals surface area (Å²) >= 11 is 0. The Morgan fingerprint density at radius 1 is 1.50 bits per heavy atom. The van der Waals surface area contributed by atoms with Gasteiger partial charge >= 0.3 is 0 Å². The van der Waals surface area contributed by atoms with Crippen LogP contribution >= 0.6 is 0 Å². The Morgan fingerprint density at radius 2 is 2.38 bits per heavy atom. The summed E-state index contributed by atoms with van der Waals surface area (Å²) in [5.41, 5.74) is 1.85. The van der Waals surface area contributed by atoms with Gasteiger partial charge in [0.1, 0.15) is 5.75 Å². The summed E-state index contributed by atoms with van der Waals surface area (Å²) in [6.07, 6.45) is 0. The predicted octanol–water partition coefficient (Wildman–Crippen LogP) is 0.566. The topological polar surface area (TPSA) is 52.0 Å². The van der Waals surface area contributed by atoms with Crippen molar-refractivity contribution in [2.45, 2.75) is 0 Å². The predicted molar refractivity (Wildman–Crippen MR) is 60.4 cm³/mol. The third-order valence-corrected chi connectivity index (χ3v) is 2.95. The Balaban J connectivity index is 1.84. The molecule has 1 saturated heterocycles. The van der Waals surface area contributed by atoms with Crippen LogP contribution in [-0.4, -0.2) is 34.7 Å². The molecular weight excluding hydrogens is 204 g/mol. The number of hydrogen-bond donors (Lipinski definition) is 1. The number of nitrogens with one attached hydrogen (secondary N) is 1. The maximum atomic E-state index is 5.78. The van der Waals surface area contributed by atoms with Crippen LogP contribution in [0.2, 0.25) is 0 Å². The molecule has 0 saturated carbocycles. The van der Waals surface area contributed by atoms with Gasteiger partial charge in [-0.2, -0.15) is 0 Å². The van der Waals surface area contributed by atoms with Crippen LogP contribution in [-0.2, 0) is 7.05 Å². The molecule has 5 nitrogen and oxygen atoms in total. The second kappa shape index (κ2) is 3.75. The van der Waals surface area contributed by atoms with Crippen LogP contribution in [0.1, 0.15) is 0 Å². The van der Waals surface area contributed by atoms with Crippen molar-refractivity contribution >= 4 is 11.0 Å². The Labute approximate surface area is 93.4 Å². The zero-order valence-electron chi connectivity index (χ0n) is 9.18. The van der Waals surface area contributed by atoms with Crippen molar-refractivity contribution in [2.75, 3.05) is 19.7 Å². The molecule has 0 unspecified atom stereocenters. The number of rotatable bonds is 3. The molecule has 5 heteroatoms. The Hall–Kier alpha value is -1.62. The van der Waals surface area contributed by atoms with E-state index in [0.29, 0.717) is 5.92 Å². The van der Waals surface area contributed by atoms with E-state index in [9.17, 15) is 0 Å². The van der Waals surface area contributed by atoms with Gasteiger partial charge in [-0.15, -0.1) is 5.10 Å². The van der Waals surface area contributed by atoms with Crippen molar-refractivity contribution in [3.05, 3.63) is 18.2 Å². The molecule has 0 aliphatic carbocycles. The molecule has 0 radical (unpaired) electrons. The van der Waals surface area contributed by atoms with E-state index in [4.69, 9.17) is 4.74 Å². The first-order valence-electron chi connectivity index (χ1n) is 5.46. The summed E-state index contributed by atoms with van der Waals surface area (Å²) in [6.45, 7) is 2.86. The molecule has 84 valence electrons. The second-order valence-electron chi connectivity index (χ2n) is 4.17. The van der Waals surface area contributed by atoms with Crippen molar-refractivity contribution in [1.29, 1.82) is 0 Å². The van der Waals surface area contributed by atoms with Gasteiger partial charge in [-0.3, -0.25) is 0 Å². The van der Waals surface area contributed by atoms with Gasteiger partial charge in [-0.1, -0.05) is 11.3 Å². The summed E-state index contributed by atoms with van der Waals surface area (Å²) in [4.78, 5) is 0. The monoisotopic (exact) mass is 218 g/mol. The molecule has 2 aromatic rings. The van der Waals surface area contributed by atoms with Gasteiger partial charge in [0.25, 0.3) is 0 Å². The van der Waals surface area contributed by atoms with Crippen molar-refractivity contribution in [3.8, 4) is 5.75 Å². The van der Waals surface area contributed by atoms with Gasteiger partial charge in [0.2, 0.25) is 0 Å². The van der Waals surface area contributed by atoms with Gasteiger partial charge in [0.05, 0.1) is 12.1 Å². The lowest BCUT2D eigenvalue weighted by atomic mass is 10.1. The van der Waals surface area contributed by atoms with Crippen LogP contribution in [0.25, 0.3) is 11.0 Å². The van der Waals surface area contributed by atoms with E-state index in [-0.39, 0.29) is 0 Å². The van der Waals surface area contributed by atoms with Crippen LogP contribution < -0.4 is 10.1 Å². The quantitative estimate of drug-likeness (QED) is 0.818. The Morgan fingerprint density at radius 3 is 3.12 bits per heavy atom. The van der Waals surface area contributed by atoms with Crippen molar-refractivity contribution < 1.29 is 4.74 Å². The molecular formula is C11H14N4O. The average molecular weight is 218 g/mol. The highest BCUT2D eigenvalue weighted by atomic mass is 16.5. The number of aryl methyl sites for hydroxylation is 1. The van der Waals surface area contributed by atoms with Crippen molar-refractivity contribution in [3.63, 3.8) is 0 Å². The van der Waals surface area contributed by atoms with Crippen LogP contribution in [0.3, 0.4) is 0 Å². The molecule has 1 aliphatic rings. The van der Waals surface area contributed by atoms with Gasteiger partial charge in [0.15, 0.2) is 5.52 Å². The molecule has 1 aromatic carbocycles. The summed E-state index contributed by atoms with van der Waals surface area (Å²) in [5, 5.41) is 11.3. The summed E-state index contributed by atoms with van der Waals surface area (Å²) in [5.74, 6) is 1.46. The van der Waals surface area contributed by atoms with E-state index in [1.165, 1.54) is 0 Å². The molecule has 0 bridgehead atoms. The van der Waals surface area contributed by atoms with E-state index >= 15 is 0 Å². The van der Waals surface area contributed by atoms with Gasteiger partial charge in [-0.25, -0.2) is 4.68 Å². The fourth-order valence-corrected chi connectivity index (χ4v) is 1.82. The molecule has 0 atom stereocenters. The van der Waals surface area contributed by atoms with E-state index in [2.05, 4.69) is 15.6 Å². The average Bonchev–Trinajstić information content (AvgIpc) is 2.60. The molecule has 3 rings (SSSR count). The van der Waals surface area contributed by atoms with E-state index in [1.54, 1.807) is 4.68 Å². The molecule has 1 N–H and O–H groups in total. The van der Waals surface area contributed by atoms with Crippen LogP contribution in [0.5, 0.6) is 5.75 Å². The molecule has 16 heavy (non-hydrogen) atoms. The lowest BCUT2D eigenvalue weighted by Gasteiger charge is -2.26. The fourth-order valence-electron chi connectivity index (χ4n) is 1.82. The highest BCUT2D eigenvalue weighted by Gasteiger charge is 2.18. The van der Waals surface area contributed by atoms with Crippen LogP contribution in [0.4, 0.5) is 0 Å². The summed E-state index contributed by atoms with van der Waals surface area (Å²) in [7, 11) is 1.88. The number of ether oxygens (including phenoxy) is 1. The molecule has 1 aromatic heterocycles. The Bertz CT molecular complexity index is 504. The molecule has 2 heterocycles. The van der Waals surface area contributed by atoms with Crippen LogP contribution in [0, 0.1) is 5.92 Å². The van der Waals surface area contributed by atoms with Gasteiger partial charge in [-0.05, 0) is 12.1 Å². The smallest absolute Gasteiger partial charge is 0.155 e. The van der Waals surface area contributed by atoms with Gasteiger partial charge < -0.3 is 10.1 Å². The number of benzene rings is 1. The minimum absolute atomic E-state index is 0.631. The zero-order valence-corrected chi connectivity index (χ0v) is 9.18. The molecule has 1 fully saturated rings. The van der Waals surface area contributed by atoms with E-state index < -0.39 is 0 Å². The van der Waals surface area contributed by atoms with E-state index in [0.717, 1.165) is 36.5 Å². The van der Waals surface area contributed by atoms with Crippen LogP contribution in [0.15, 0.2) is 18.2 Å². The first-order valence-corrected chi connectivity index (χ1v) is 5.46. The van der Waals surface area contributed by atoms with E-state index in [1.807, 2.05) is 25.2 Å². The third-order valence-electron chi connectivity index (χ3n) is 2.95. The minimum Gasteiger partial charge on any atom is -0.491 e. The number of fused-ring (bicyclic) bond motifs is 1. The SMILES string of the molecule is Cn1nnc2c(OCC3CNC3)cccc21. The fraction of sp³-hybridized carbons (Fsp3) is 0.455. The first-order chi connectivity index (χ1) is 7.84. The van der Waals surface area contributed by atoms with Crippen molar-refractivity contribution in [2.24, 2.45) is 13.0 Å².